The normalized spacial score (nSPS) is 10.5. The Morgan fingerprint density at radius 1 is 0.162 bits per heavy atom. The minimum Gasteiger partial charge on any atom is -0.378 e. The number of rotatable bonds is 5. The molecular formula is C112H115N5. The number of para-hydroxylation sites is 1. The van der Waals surface area contributed by atoms with Crippen LogP contribution < -0.4 is 24.5 Å². The van der Waals surface area contributed by atoms with Crippen LogP contribution in [0.2, 0.25) is 0 Å². The molecule has 0 amide bonds. The Bertz CT molecular complexity index is 6350. The van der Waals surface area contributed by atoms with Crippen molar-refractivity contribution in [1.82, 2.24) is 0 Å². The molecule has 5 heteroatoms. The lowest BCUT2D eigenvalue weighted by Gasteiger charge is -2.18. The summed E-state index contributed by atoms with van der Waals surface area (Å²) in [5, 5.41) is 26.6. The maximum Gasteiger partial charge on any atom is 0.0520 e. The fourth-order valence-corrected chi connectivity index (χ4v) is 15.2. The zero-order chi connectivity index (χ0) is 83.1. The van der Waals surface area contributed by atoms with Crippen molar-refractivity contribution in [3.8, 4) is 0 Å². The molecule has 5 nitrogen and oxygen atoms in total. The van der Waals surface area contributed by atoms with E-state index in [2.05, 4.69) is 488 Å². The van der Waals surface area contributed by atoms with Crippen LogP contribution in [0.4, 0.5) is 28.4 Å². The fraction of sp³-hybridized carbons (Fsp3) is 0.161. The molecule has 117 heavy (non-hydrogen) atoms. The van der Waals surface area contributed by atoms with Crippen molar-refractivity contribution in [1.29, 1.82) is 0 Å². The molecule has 0 aliphatic carbocycles. The lowest BCUT2D eigenvalue weighted by Crippen LogP contribution is -2.09. The molecule has 19 aromatic rings. The van der Waals surface area contributed by atoms with Gasteiger partial charge in [0.25, 0.3) is 0 Å². The molecule has 19 aromatic carbocycles. The molecule has 0 unspecified atom stereocenters. The molecule has 0 fully saturated rings. The Morgan fingerprint density at radius 2 is 0.556 bits per heavy atom. The smallest absolute Gasteiger partial charge is 0.0520 e. The topological polar surface area (TPSA) is 16.2 Å². The summed E-state index contributed by atoms with van der Waals surface area (Å²) in [7, 11) is 20.7. The lowest BCUT2D eigenvalue weighted by atomic mass is 10.00. The number of aryl methyl sites for hydroxylation is 8. The Kier molecular flexibility index (Phi) is 29.4. The number of nitrogens with zero attached hydrogens (tertiary/aromatic N) is 5. The Morgan fingerprint density at radius 3 is 1.09 bits per heavy atom. The van der Waals surface area contributed by atoms with E-state index in [9.17, 15) is 0 Å². The van der Waals surface area contributed by atoms with E-state index in [4.69, 9.17) is 0 Å². The third-order valence-electron chi connectivity index (χ3n) is 21.4. The molecule has 0 radical (unpaired) electrons. The summed E-state index contributed by atoms with van der Waals surface area (Å²) in [5.41, 5.74) is 17.2. The van der Waals surface area contributed by atoms with Crippen molar-refractivity contribution < 1.29 is 0 Å². The van der Waals surface area contributed by atoms with Crippen LogP contribution in [0.15, 0.2) is 370 Å². The van der Waals surface area contributed by atoms with E-state index >= 15 is 0 Å². The Balaban J connectivity index is 0.000000130. The molecule has 19 rings (SSSR count). The lowest BCUT2D eigenvalue weighted by molar-refractivity contribution is 1.13. The predicted molar refractivity (Wildman–Crippen MR) is 523 cm³/mol. The maximum absolute atomic E-state index is 2.26. The van der Waals surface area contributed by atoms with Crippen LogP contribution in [0, 0.1) is 55.4 Å². The van der Waals surface area contributed by atoms with Gasteiger partial charge in [0, 0.05) is 115 Å². The first-order valence-corrected chi connectivity index (χ1v) is 40.5. The van der Waals surface area contributed by atoms with Crippen LogP contribution in [0.3, 0.4) is 0 Å². The van der Waals surface area contributed by atoms with Gasteiger partial charge >= 0.3 is 0 Å². The van der Waals surface area contributed by atoms with Gasteiger partial charge in [-0.2, -0.15) is 0 Å². The van der Waals surface area contributed by atoms with Crippen molar-refractivity contribution >= 4 is 136 Å². The highest BCUT2D eigenvalue weighted by atomic mass is 15.1. The van der Waals surface area contributed by atoms with Crippen molar-refractivity contribution in [2.75, 3.05) is 95.0 Å². The number of anilines is 5. The van der Waals surface area contributed by atoms with E-state index in [0.717, 1.165) is 0 Å². The SMILES string of the molecule is CN(C)c1c2ccccc2cc2ccccc12.CN(C)c1cc2ccccc2c2ccccc12.CN(C)c1ccc2ccccc2c1.CN(C)c1cccc2ccccc12.CN(C)c1ccccc1.Cc1cc(C)c2ccccc2c1.Cc1ccc2c(C)cccc2c1.Cc1ccc2ccccc2c1C.Cc1cccc2cccc(C)c12. The second-order valence-electron chi connectivity index (χ2n) is 31.2. The van der Waals surface area contributed by atoms with Crippen LogP contribution in [0.5, 0.6) is 0 Å². The van der Waals surface area contributed by atoms with Crippen molar-refractivity contribution in [2.24, 2.45) is 0 Å². The molecule has 0 saturated carbocycles. The summed E-state index contributed by atoms with van der Waals surface area (Å²) >= 11 is 0. The fourth-order valence-electron chi connectivity index (χ4n) is 15.2. The van der Waals surface area contributed by atoms with E-state index < -0.39 is 0 Å². The van der Waals surface area contributed by atoms with Gasteiger partial charge in [-0.15, -0.1) is 0 Å². The highest BCUT2D eigenvalue weighted by molar-refractivity contribution is 6.13. The van der Waals surface area contributed by atoms with Gasteiger partial charge in [0.05, 0.1) is 5.69 Å². The molecule has 0 N–H and O–H groups in total. The Hall–Kier alpha value is -13.2. The first kappa shape index (κ1) is 84.7. The summed E-state index contributed by atoms with van der Waals surface area (Å²) < 4.78 is 0. The van der Waals surface area contributed by atoms with Crippen LogP contribution in [0.25, 0.3) is 108 Å². The molecule has 0 heterocycles. The maximum atomic E-state index is 2.26. The average molecular weight is 1530 g/mol. The molecular weight excluding hydrogens is 1420 g/mol. The zero-order valence-corrected chi connectivity index (χ0v) is 72.0. The number of benzene rings is 19. The second-order valence-corrected chi connectivity index (χ2v) is 31.2. The molecule has 588 valence electrons. The monoisotopic (exact) mass is 1530 g/mol. The average Bonchev–Trinajstić information content (AvgIpc) is 0.772. The van der Waals surface area contributed by atoms with Crippen molar-refractivity contribution in [2.45, 2.75) is 55.4 Å². The molecule has 0 saturated heterocycles. The minimum atomic E-state index is 1.25. The number of hydrogen-bond donors (Lipinski definition) is 0. The van der Waals surface area contributed by atoms with Gasteiger partial charge in [0.2, 0.25) is 0 Å². The van der Waals surface area contributed by atoms with E-state index in [1.807, 2.05) is 32.3 Å². The van der Waals surface area contributed by atoms with Crippen molar-refractivity contribution in [3.05, 3.63) is 415 Å². The second kappa shape index (κ2) is 40.7. The standard InChI is InChI=1S/2C16H15N.2C12H13N.4C12H12.C8H11N/c1-17(2)16-14-9-5-3-7-12(14)11-13-8-4-6-10-15(13)16;1-17(2)16-11-12-7-3-4-8-13(12)14-9-5-6-10-15(14)16;1-13(2)12-9-5-7-10-6-3-4-8-11(10)12;1-13(2)12-8-7-10-5-3-4-6-11(10)9-12;1-9-5-3-7-11-8-4-6-10(2)12(9)11;1-9-6-7-12-10(2)4-3-5-11(12)8-9;1-9-7-10(2)12-6-4-3-5-11(12)8-9;1-9-7-8-11-5-3-4-6-12(11)10(9)2;1-9(2)8-6-4-3-5-7-8/h2*3-11H,1-2H3;2*3-9H,1-2H3;4*3-8H,1-2H3;3-7H,1-2H3. The zero-order valence-electron chi connectivity index (χ0n) is 72.0. The summed E-state index contributed by atoms with van der Waals surface area (Å²) in [6.45, 7) is 17.2. The number of fused-ring (bicyclic) bond motifs is 11. The van der Waals surface area contributed by atoms with E-state index in [0.29, 0.717) is 0 Å². The van der Waals surface area contributed by atoms with E-state index in [-0.39, 0.29) is 0 Å². The molecule has 0 bridgehead atoms. The van der Waals surface area contributed by atoms with Crippen LogP contribution in [0.1, 0.15) is 44.5 Å². The van der Waals surface area contributed by atoms with Gasteiger partial charge in [0.1, 0.15) is 0 Å². The molecule has 0 aromatic heterocycles. The van der Waals surface area contributed by atoms with Crippen LogP contribution in [-0.4, -0.2) is 70.5 Å². The molecule has 0 atom stereocenters. The van der Waals surface area contributed by atoms with Gasteiger partial charge < -0.3 is 24.5 Å². The number of hydrogen-bond acceptors (Lipinski definition) is 5. The third kappa shape index (κ3) is 22.0. The van der Waals surface area contributed by atoms with E-state index in [1.165, 1.54) is 181 Å². The van der Waals surface area contributed by atoms with Gasteiger partial charge in [-0.3, -0.25) is 0 Å². The van der Waals surface area contributed by atoms with Gasteiger partial charge in [-0.1, -0.05) is 339 Å². The highest BCUT2D eigenvalue weighted by Crippen LogP contribution is 2.36. The van der Waals surface area contributed by atoms with Gasteiger partial charge in [-0.25, -0.2) is 0 Å². The predicted octanol–water partition coefficient (Wildman–Crippen LogP) is 29.5. The van der Waals surface area contributed by atoms with E-state index in [1.54, 1.807) is 0 Å². The summed E-state index contributed by atoms with van der Waals surface area (Å²) in [6, 6.07) is 130. The van der Waals surface area contributed by atoms with Crippen LogP contribution in [-0.2, 0) is 0 Å². The Labute approximate surface area is 696 Å². The van der Waals surface area contributed by atoms with Gasteiger partial charge in [0.15, 0.2) is 0 Å². The largest absolute Gasteiger partial charge is 0.378 e. The molecule has 0 aliphatic heterocycles. The minimum absolute atomic E-state index is 1.25. The molecule has 0 spiro atoms. The highest BCUT2D eigenvalue weighted by Gasteiger charge is 2.11. The third-order valence-corrected chi connectivity index (χ3v) is 21.4. The van der Waals surface area contributed by atoms with Gasteiger partial charge in [-0.05, 0) is 217 Å². The quantitative estimate of drug-likeness (QED) is 0.126. The molecule has 0 aliphatic rings. The van der Waals surface area contributed by atoms with Crippen molar-refractivity contribution in [3.63, 3.8) is 0 Å². The summed E-state index contributed by atoms with van der Waals surface area (Å²) in [6.07, 6.45) is 0. The first-order chi connectivity index (χ1) is 56.5. The summed E-state index contributed by atoms with van der Waals surface area (Å²) in [5.74, 6) is 0. The first-order valence-electron chi connectivity index (χ1n) is 40.5. The van der Waals surface area contributed by atoms with Crippen LogP contribution >= 0.6 is 0 Å². The summed E-state index contributed by atoms with van der Waals surface area (Å²) in [4.78, 5) is 10.7.